The first-order chi connectivity index (χ1) is 12.9. The van der Waals surface area contributed by atoms with Gasteiger partial charge in [0.15, 0.2) is 0 Å². The third-order valence-electron chi connectivity index (χ3n) is 4.06. The minimum absolute atomic E-state index is 0.134. The van der Waals surface area contributed by atoms with Gasteiger partial charge in [0, 0.05) is 36.0 Å². The van der Waals surface area contributed by atoms with E-state index in [9.17, 15) is 19.5 Å². The topological polar surface area (TPSA) is 108 Å². The first kappa shape index (κ1) is 18.2. The smallest absolute Gasteiger partial charge is 0.326 e. The van der Waals surface area contributed by atoms with E-state index in [0.717, 1.165) is 16.5 Å². The molecule has 7 heteroatoms. The number of ether oxygens (including phenoxy) is 1. The van der Waals surface area contributed by atoms with Gasteiger partial charge in [-0.05, 0) is 29.8 Å². The summed E-state index contributed by atoms with van der Waals surface area (Å²) < 4.78 is 4.95. The van der Waals surface area contributed by atoms with E-state index in [2.05, 4.69) is 10.3 Å². The number of carboxylic acids is 1. The Morgan fingerprint density at radius 2 is 1.93 bits per heavy atom. The number of hydrogen-bond donors (Lipinski definition) is 3. The van der Waals surface area contributed by atoms with Crippen molar-refractivity contribution in [2.24, 2.45) is 0 Å². The van der Waals surface area contributed by atoms with Gasteiger partial charge in [0.1, 0.15) is 11.8 Å². The Balaban J connectivity index is 1.77. The van der Waals surface area contributed by atoms with Crippen LogP contribution in [0.15, 0.2) is 54.7 Å². The lowest BCUT2D eigenvalue weighted by atomic mass is 10.0. The number of carbonyl (C=O) groups is 3. The molecule has 1 aromatic heterocycles. The van der Waals surface area contributed by atoms with Gasteiger partial charge in [0.2, 0.25) is 0 Å². The third-order valence-corrected chi connectivity index (χ3v) is 4.06. The predicted octanol–water partition coefficient (Wildman–Crippen LogP) is 2.52. The van der Waals surface area contributed by atoms with Crippen LogP contribution in [0.5, 0.6) is 5.75 Å². The van der Waals surface area contributed by atoms with E-state index in [1.54, 1.807) is 18.3 Å². The zero-order valence-electron chi connectivity index (χ0n) is 14.6. The van der Waals surface area contributed by atoms with Gasteiger partial charge in [-0.25, -0.2) is 4.79 Å². The van der Waals surface area contributed by atoms with Crippen molar-refractivity contribution in [1.82, 2.24) is 10.3 Å². The molecule has 0 saturated carbocycles. The van der Waals surface area contributed by atoms with Crippen molar-refractivity contribution in [3.63, 3.8) is 0 Å². The fourth-order valence-corrected chi connectivity index (χ4v) is 2.83. The lowest BCUT2D eigenvalue weighted by Crippen LogP contribution is -2.42. The minimum Gasteiger partial charge on any atom is -0.480 e. The van der Waals surface area contributed by atoms with Crippen LogP contribution in [0.25, 0.3) is 10.9 Å². The number of carbonyl (C=O) groups excluding carboxylic acids is 2. The van der Waals surface area contributed by atoms with E-state index in [1.165, 1.54) is 19.1 Å². The van der Waals surface area contributed by atoms with Crippen molar-refractivity contribution < 1.29 is 24.2 Å². The van der Waals surface area contributed by atoms with Crippen molar-refractivity contribution >= 4 is 28.7 Å². The Labute approximate surface area is 155 Å². The van der Waals surface area contributed by atoms with Gasteiger partial charge in [-0.1, -0.05) is 24.3 Å². The Morgan fingerprint density at radius 3 is 2.67 bits per heavy atom. The zero-order valence-corrected chi connectivity index (χ0v) is 14.6. The van der Waals surface area contributed by atoms with Crippen LogP contribution in [0.2, 0.25) is 0 Å². The summed E-state index contributed by atoms with van der Waals surface area (Å²) in [5, 5.41) is 13.0. The van der Waals surface area contributed by atoms with Crippen LogP contribution in [0.3, 0.4) is 0 Å². The maximum absolute atomic E-state index is 12.5. The average molecular weight is 366 g/mol. The average Bonchev–Trinajstić information content (AvgIpc) is 3.04. The van der Waals surface area contributed by atoms with Gasteiger partial charge in [-0.3, -0.25) is 9.59 Å². The highest BCUT2D eigenvalue weighted by atomic mass is 16.5. The maximum atomic E-state index is 12.5. The molecule has 2 aromatic carbocycles. The van der Waals surface area contributed by atoms with Gasteiger partial charge in [0.25, 0.3) is 5.91 Å². The summed E-state index contributed by atoms with van der Waals surface area (Å²) in [6.45, 7) is 1.26. The van der Waals surface area contributed by atoms with Gasteiger partial charge < -0.3 is 20.1 Å². The highest BCUT2D eigenvalue weighted by molar-refractivity contribution is 5.97. The van der Waals surface area contributed by atoms with Crippen LogP contribution in [0, 0.1) is 0 Å². The Hall–Kier alpha value is -3.61. The minimum atomic E-state index is -1.13. The molecule has 0 spiro atoms. The molecular formula is C20H18N2O5. The first-order valence-electron chi connectivity index (χ1n) is 8.31. The monoisotopic (exact) mass is 366 g/mol. The molecule has 0 saturated heterocycles. The van der Waals surface area contributed by atoms with Crippen molar-refractivity contribution in [2.45, 2.75) is 19.4 Å². The van der Waals surface area contributed by atoms with Crippen LogP contribution < -0.4 is 10.1 Å². The molecule has 3 N–H and O–H groups in total. The molecule has 138 valence electrons. The largest absolute Gasteiger partial charge is 0.480 e. The van der Waals surface area contributed by atoms with Crippen LogP contribution in [-0.4, -0.2) is 34.0 Å². The molecule has 3 rings (SSSR count). The second-order valence-corrected chi connectivity index (χ2v) is 6.05. The zero-order chi connectivity index (χ0) is 19.4. The summed E-state index contributed by atoms with van der Waals surface area (Å²) in [4.78, 5) is 38.2. The van der Waals surface area contributed by atoms with Gasteiger partial charge in [-0.15, -0.1) is 0 Å². The number of hydrogen-bond acceptors (Lipinski definition) is 4. The number of benzene rings is 2. The number of H-pyrrole nitrogens is 1. The molecule has 0 aliphatic rings. The second kappa shape index (κ2) is 7.74. The molecule has 3 aromatic rings. The van der Waals surface area contributed by atoms with Crippen LogP contribution >= 0.6 is 0 Å². The molecule has 1 atom stereocenters. The molecule has 7 nitrogen and oxygen atoms in total. The number of aliphatic carboxylic acids is 1. The fraction of sp³-hybridized carbons (Fsp3) is 0.150. The Morgan fingerprint density at radius 1 is 1.15 bits per heavy atom. The van der Waals surface area contributed by atoms with Crippen LogP contribution in [0.4, 0.5) is 0 Å². The second-order valence-electron chi connectivity index (χ2n) is 6.05. The molecule has 0 unspecified atom stereocenters. The van der Waals surface area contributed by atoms with Gasteiger partial charge in [0.05, 0.1) is 0 Å². The van der Waals surface area contributed by atoms with Crippen molar-refractivity contribution in [1.29, 1.82) is 0 Å². The summed E-state index contributed by atoms with van der Waals surface area (Å²) in [7, 11) is 0. The molecule has 1 amide bonds. The summed E-state index contributed by atoms with van der Waals surface area (Å²) in [5.74, 6) is -1.98. The number of rotatable bonds is 6. The fourth-order valence-electron chi connectivity index (χ4n) is 2.83. The summed E-state index contributed by atoms with van der Waals surface area (Å²) in [6, 6.07) is 12.5. The Kier molecular flexibility index (Phi) is 5.21. The van der Waals surface area contributed by atoms with Gasteiger partial charge >= 0.3 is 11.9 Å². The van der Waals surface area contributed by atoms with E-state index in [1.807, 2.05) is 24.3 Å². The molecule has 0 radical (unpaired) electrons. The quantitative estimate of drug-likeness (QED) is 0.459. The van der Waals surface area contributed by atoms with E-state index in [0.29, 0.717) is 0 Å². The first-order valence-corrected chi connectivity index (χ1v) is 8.31. The van der Waals surface area contributed by atoms with Crippen molar-refractivity contribution in [2.75, 3.05) is 0 Å². The normalized spacial score (nSPS) is 11.7. The van der Waals surface area contributed by atoms with Crippen molar-refractivity contribution in [3.8, 4) is 5.75 Å². The number of esters is 1. The Bertz CT molecular complexity index is 1010. The number of nitrogens with one attached hydrogen (secondary N) is 2. The van der Waals surface area contributed by atoms with E-state index in [-0.39, 0.29) is 17.7 Å². The molecule has 1 heterocycles. The lowest BCUT2D eigenvalue weighted by molar-refractivity contribution is -0.139. The number of carboxylic acid groups (broad SMARTS) is 1. The molecular weight excluding hydrogens is 348 g/mol. The molecule has 0 bridgehead atoms. The van der Waals surface area contributed by atoms with E-state index in [4.69, 9.17) is 4.74 Å². The third kappa shape index (κ3) is 4.33. The van der Waals surface area contributed by atoms with Gasteiger partial charge in [-0.2, -0.15) is 0 Å². The number of para-hydroxylation sites is 1. The lowest BCUT2D eigenvalue weighted by Gasteiger charge is -2.14. The molecule has 27 heavy (non-hydrogen) atoms. The van der Waals surface area contributed by atoms with E-state index >= 15 is 0 Å². The molecule has 0 fully saturated rings. The SMILES string of the molecule is CC(=O)Oc1cccc(C(=O)N[C@@H](Cc2c[nH]c3ccccc23)C(=O)O)c1. The summed E-state index contributed by atoms with van der Waals surface area (Å²) in [6.07, 6.45) is 1.88. The maximum Gasteiger partial charge on any atom is 0.326 e. The number of amides is 1. The summed E-state index contributed by atoms with van der Waals surface area (Å²) in [5.41, 5.74) is 1.91. The van der Waals surface area contributed by atoms with Crippen LogP contribution in [0.1, 0.15) is 22.8 Å². The summed E-state index contributed by atoms with van der Waals surface area (Å²) >= 11 is 0. The molecule has 0 aliphatic heterocycles. The van der Waals surface area contributed by atoms with E-state index < -0.39 is 23.9 Å². The standard InChI is InChI=1S/C20H18N2O5/c1-12(23)27-15-6-4-5-13(9-15)19(24)22-18(20(25)26)10-14-11-21-17-8-3-2-7-16(14)17/h2-9,11,18,21H,10H2,1H3,(H,22,24)(H,25,26)/t18-/m0/s1. The number of aromatic nitrogens is 1. The highest BCUT2D eigenvalue weighted by Crippen LogP contribution is 2.19. The predicted molar refractivity (Wildman–Crippen MR) is 98.6 cm³/mol. The van der Waals surface area contributed by atoms with Crippen LogP contribution in [-0.2, 0) is 16.0 Å². The highest BCUT2D eigenvalue weighted by Gasteiger charge is 2.22. The molecule has 0 aliphatic carbocycles. The van der Waals surface area contributed by atoms with Crippen molar-refractivity contribution in [3.05, 3.63) is 65.9 Å². The number of fused-ring (bicyclic) bond motifs is 1. The number of aromatic amines is 1.